The van der Waals surface area contributed by atoms with Gasteiger partial charge in [-0.15, -0.1) is 0 Å². The summed E-state index contributed by atoms with van der Waals surface area (Å²) in [6, 6.07) is 7.93. The topological polar surface area (TPSA) is 69.2 Å². The van der Waals surface area contributed by atoms with Gasteiger partial charge in [0.2, 0.25) is 0 Å². The molecule has 0 aliphatic carbocycles. The van der Waals surface area contributed by atoms with Gasteiger partial charge in [0, 0.05) is 23.5 Å². The first-order valence-corrected chi connectivity index (χ1v) is 6.12. The Morgan fingerprint density at radius 3 is 2.63 bits per heavy atom. The Balaban J connectivity index is 2.20. The van der Waals surface area contributed by atoms with Crippen LogP contribution in [0.4, 0.5) is 0 Å². The van der Waals surface area contributed by atoms with Gasteiger partial charge in [-0.1, -0.05) is 23.7 Å². The highest BCUT2D eigenvalue weighted by atomic mass is 35.5. The van der Waals surface area contributed by atoms with E-state index >= 15 is 0 Å². The Labute approximate surface area is 115 Å². The molecule has 2 rings (SSSR count). The lowest BCUT2D eigenvalue weighted by atomic mass is 10.1. The van der Waals surface area contributed by atoms with E-state index in [1.807, 2.05) is 6.07 Å². The summed E-state index contributed by atoms with van der Waals surface area (Å²) in [4.78, 5) is 13.2. The molecule has 0 unspecified atom stereocenters. The maximum Gasteiger partial charge on any atom is 0.325 e. The highest BCUT2D eigenvalue weighted by Crippen LogP contribution is 2.22. The lowest BCUT2D eigenvalue weighted by molar-refractivity contribution is -0.143. The van der Waals surface area contributed by atoms with Crippen molar-refractivity contribution in [2.75, 3.05) is 7.05 Å². The smallest absolute Gasteiger partial charge is 0.325 e. The number of hydrogen-bond donors (Lipinski definition) is 2. The molecule has 0 saturated carbocycles. The molecule has 6 heteroatoms. The van der Waals surface area contributed by atoms with Crippen molar-refractivity contribution in [2.24, 2.45) is 0 Å². The van der Waals surface area contributed by atoms with Crippen molar-refractivity contribution in [3.63, 3.8) is 0 Å². The SMILES string of the molecule is CN(Cc1ccn[nH]1)[C@H](C(=O)O)c1ccc(Cl)cc1. The highest BCUT2D eigenvalue weighted by molar-refractivity contribution is 6.30. The van der Waals surface area contributed by atoms with Gasteiger partial charge < -0.3 is 5.11 Å². The Kier molecular flexibility index (Phi) is 4.19. The fraction of sp³-hybridized carbons (Fsp3) is 0.231. The predicted octanol–water partition coefficient (Wildman–Crippen LogP) is 2.32. The number of carbonyl (C=O) groups is 1. The molecule has 0 aliphatic rings. The monoisotopic (exact) mass is 279 g/mol. The van der Waals surface area contributed by atoms with Crippen molar-refractivity contribution in [3.8, 4) is 0 Å². The standard InChI is InChI=1S/C13H14ClN3O2/c1-17(8-11-6-7-15-16-11)12(13(18)19)9-2-4-10(14)5-3-9/h2-7,12H,8H2,1H3,(H,15,16)(H,18,19)/t12-/m0/s1. The van der Waals surface area contributed by atoms with Gasteiger partial charge in [0.15, 0.2) is 0 Å². The van der Waals surface area contributed by atoms with Crippen molar-refractivity contribution >= 4 is 17.6 Å². The van der Waals surface area contributed by atoms with E-state index in [0.29, 0.717) is 17.1 Å². The number of carboxylic acid groups (broad SMARTS) is 1. The van der Waals surface area contributed by atoms with Crippen LogP contribution in [0.3, 0.4) is 0 Å². The van der Waals surface area contributed by atoms with Crippen LogP contribution in [-0.2, 0) is 11.3 Å². The van der Waals surface area contributed by atoms with Crippen LogP contribution in [0.2, 0.25) is 5.02 Å². The molecule has 2 N–H and O–H groups in total. The minimum Gasteiger partial charge on any atom is -0.480 e. The molecule has 5 nitrogen and oxygen atoms in total. The number of aromatic nitrogens is 2. The largest absolute Gasteiger partial charge is 0.480 e. The quantitative estimate of drug-likeness (QED) is 0.881. The van der Waals surface area contributed by atoms with Gasteiger partial charge in [-0.3, -0.25) is 14.8 Å². The van der Waals surface area contributed by atoms with E-state index < -0.39 is 12.0 Å². The number of likely N-dealkylation sites (N-methyl/N-ethyl adjacent to an activating group) is 1. The summed E-state index contributed by atoms with van der Waals surface area (Å²) in [5.74, 6) is -0.899. The van der Waals surface area contributed by atoms with Gasteiger partial charge in [0.25, 0.3) is 0 Å². The van der Waals surface area contributed by atoms with Gasteiger partial charge >= 0.3 is 5.97 Å². The van der Waals surface area contributed by atoms with Crippen molar-refractivity contribution in [1.29, 1.82) is 0 Å². The molecule has 0 amide bonds. The van der Waals surface area contributed by atoms with Crippen molar-refractivity contribution in [2.45, 2.75) is 12.6 Å². The molecule has 1 aromatic heterocycles. The second-order valence-corrected chi connectivity index (χ2v) is 4.73. The summed E-state index contributed by atoms with van der Waals surface area (Å²) < 4.78 is 0. The number of rotatable bonds is 5. The predicted molar refractivity (Wildman–Crippen MR) is 71.9 cm³/mol. The molecular weight excluding hydrogens is 266 g/mol. The Bertz CT molecular complexity index is 540. The summed E-state index contributed by atoms with van der Waals surface area (Å²) in [6.45, 7) is 0.472. The second kappa shape index (κ2) is 5.86. The summed E-state index contributed by atoms with van der Waals surface area (Å²) in [5.41, 5.74) is 1.56. The van der Waals surface area contributed by atoms with E-state index in [-0.39, 0.29) is 0 Å². The first kappa shape index (κ1) is 13.6. The highest BCUT2D eigenvalue weighted by Gasteiger charge is 2.24. The maximum absolute atomic E-state index is 11.5. The number of aliphatic carboxylic acids is 1. The molecule has 1 atom stereocenters. The third-order valence-corrected chi connectivity index (χ3v) is 3.09. The Hall–Kier alpha value is -1.85. The maximum atomic E-state index is 11.5. The van der Waals surface area contributed by atoms with Crippen LogP contribution in [0.25, 0.3) is 0 Å². The van der Waals surface area contributed by atoms with Crippen LogP contribution in [0, 0.1) is 0 Å². The van der Waals surface area contributed by atoms with E-state index in [1.54, 1.807) is 42.4 Å². The fourth-order valence-electron chi connectivity index (χ4n) is 1.96. The first-order chi connectivity index (χ1) is 9.08. The van der Waals surface area contributed by atoms with E-state index in [1.165, 1.54) is 0 Å². The summed E-state index contributed by atoms with van der Waals surface area (Å²) in [5, 5.41) is 16.6. The van der Waals surface area contributed by atoms with Gasteiger partial charge in [0.05, 0.1) is 0 Å². The van der Waals surface area contributed by atoms with E-state index in [2.05, 4.69) is 10.2 Å². The molecule has 19 heavy (non-hydrogen) atoms. The second-order valence-electron chi connectivity index (χ2n) is 4.29. The molecular formula is C13H14ClN3O2. The van der Waals surface area contributed by atoms with Gasteiger partial charge in [0.1, 0.15) is 6.04 Å². The Morgan fingerprint density at radius 1 is 1.42 bits per heavy atom. The lowest BCUT2D eigenvalue weighted by Crippen LogP contribution is -2.30. The van der Waals surface area contributed by atoms with Gasteiger partial charge in [-0.25, -0.2) is 0 Å². The van der Waals surface area contributed by atoms with Crippen molar-refractivity contribution in [3.05, 3.63) is 52.8 Å². The number of aromatic amines is 1. The normalized spacial score (nSPS) is 12.6. The number of benzene rings is 1. The fourth-order valence-corrected chi connectivity index (χ4v) is 2.09. The van der Waals surface area contributed by atoms with E-state index in [4.69, 9.17) is 11.6 Å². The molecule has 0 saturated heterocycles. The number of hydrogen-bond acceptors (Lipinski definition) is 3. The van der Waals surface area contributed by atoms with Crippen LogP contribution in [0.15, 0.2) is 36.5 Å². The van der Waals surface area contributed by atoms with Crippen LogP contribution in [0.1, 0.15) is 17.3 Å². The third kappa shape index (κ3) is 3.33. The van der Waals surface area contributed by atoms with E-state index in [9.17, 15) is 9.90 Å². The number of halogens is 1. The summed E-state index contributed by atoms with van der Waals surface area (Å²) in [6.07, 6.45) is 1.64. The minimum atomic E-state index is -0.899. The third-order valence-electron chi connectivity index (χ3n) is 2.84. The minimum absolute atomic E-state index is 0.472. The molecule has 0 spiro atoms. The average molecular weight is 280 g/mol. The molecule has 0 aliphatic heterocycles. The van der Waals surface area contributed by atoms with Crippen molar-refractivity contribution in [1.82, 2.24) is 15.1 Å². The van der Waals surface area contributed by atoms with Crippen LogP contribution < -0.4 is 0 Å². The van der Waals surface area contributed by atoms with Gasteiger partial charge in [-0.05, 0) is 30.8 Å². The molecule has 100 valence electrons. The van der Waals surface area contributed by atoms with Crippen LogP contribution >= 0.6 is 11.6 Å². The molecule has 1 aromatic carbocycles. The molecule has 0 bridgehead atoms. The number of nitrogens with zero attached hydrogens (tertiary/aromatic N) is 2. The molecule has 0 fully saturated rings. The zero-order valence-electron chi connectivity index (χ0n) is 10.4. The number of H-pyrrole nitrogens is 1. The lowest BCUT2D eigenvalue weighted by Gasteiger charge is -2.24. The zero-order chi connectivity index (χ0) is 13.8. The van der Waals surface area contributed by atoms with Crippen LogP contribution in [0.5, 0.6) is 0 Å². The average Bonchev–Trinajstić information content (AvgIpc) is 2.84. The molecule has 2 aromatic rings. The Morgan fingerprint density at radius 2 is 2.11 bits per heavy atom. The molecule has 0 radical (unpaired) electrons. The number of nitrogens with one attached hydrogen (secondary N) is 1. The summed E-state index contributed by atoms with van der Waals surface area (Å²) in [7, 11) is 1.76. The summed E-state index contributed by atoms with van der Waals surface area (Å²) >= 11 is 5.82. The van der Waals surface area contributed by atoms with Gasteiger partial charge in [-0.2, -0.15) is 5.10 Å². The number of carboxylic acids is 1. The van der Waals surface area contributed by atoms with Crippen LogP contribution in [-0.4, -0.2) is 33.2 Å². The first-order valence-electron chi connectivity index (χ1n) is 5.74. The molecule has 1 heterocycles. The van der Waals surface area contributed by atoms with Crippen molar-refractivity contribution < 1.29 is 9.90 Å². The van der Waals surface area contributed by atoms with E-state index in [0.717, 1.165) is 5.69 Å². The zero-order valence-corrected chi connectivity index (χ0v) is 11.1.